The van der Waals surface area contributed by atoms with Crippen LogP contribution in [0.25, 0.3) is 0 Å². The van der Waals surface area contributed by atoms with Crippen LogP contribution < -0.4 is 5.73 Å². The lowest BCUT2D eigenvalue weighted by Gasteiger charge is -2.28. The Balaban J connectivity index is 0.00000176. The molecule has 3 rings (SSSR count). The highest BCUT2D eigenvalue weighted by molar-refractivity contribution is 6.31. The van der Waals surface area contributed by atoms with Crippen molar-refractivity contribution in [2.24, 2.45) is 5.73 Å². The molecule has 0 aliphatic heterocycles. The average molecular weight is 343 g/mol. The molecule has 1 saturated carbocycles. The van der Waals surface area contributed by atoms with Gasteiger partial charge in [0.1, 0.15) is 0 Å². The first-order valence-electron chi connectivity index (χ1n) is 7.20. The van der Waals surface area contributed by atoms with Crippen molar-refractivity contribution in [3.63, 3.8) is 0 Å². The second-order valence-electron chi connectivity index (χ2n) is 5.41. The summed E-state index contributed by atoms with van der Waals surface area (Å²) in [6, 6.07) is 8.75. The number of nitrogens with zero attached hydrogens (tertiary/aromatic N) is 3. The van der Waals surface area contributed by atoms with Crippen molar-refractivity contribution in [2.75, 3.05) is 0 Å². The molecule has 7 heteroatoms. The van der Waals surface area contributed by atoms with Crippen LogP contribution in [0.4, 0.5) is 0 Å². The first kappa shape index (κ1) is 17.2. The van der Waals surface area contributed by atoms with E-state index in [9.17, 15) is 0 Å². The molecule has 1 heterocycles. The fourth-order valence-electron chi connectivity index (χ4n) is 2.58. The van der Waals surface area contributed by atoms with Gasteiger partial charge in [-0.3, -0.25) is 4.90 Å². The van der Waals surface area contributed by atoms with Gasteiger partial charge in [0.05, 0.1) is 13.1 Å². The maximum absolute atomic E-state index is 6.32. The van der Waals surface area contributed by atoms with E-state index in [-0.39, 0.29) is 25.0 Å². The first-order chi connectivity index (χ1) is 10.2. The van der Waals surface area contributed by atoms with E-state index in [1.807, 2.05) is 18.2 Å². The Labute approximate surface area is 141 Å². The summed E-state index contributed by atoms with van der Waals surface area (Å²) in [4.78, 5) is 6.68. The summed E-state index contributed by atoms with van der Waals surface area (Å²) in [5.41, 5.74) is 6.64. The molecule has 0 radical (unpaired) electrons. The van der Waals surface area contributed by atoms with Crippen LogP contribution in [0.5, 0.6) is 0 Å². The van der Waals surface area contributed by atoms with Crippen molar-refractivity contribution in [1.82, 2.24) is 15.0 Å². The molecule has 1 aromatic carbocycles. The molecular formula is C15H20Cl2N4O. The zero-order valence-electron chi connectivity index (χ0n) is 12.4. The fourth-order valence-corrected chi connectivity index (χ4v) is 2.88. The lowest BCUT2D eigenvalue weighted by atomic mass is 10.1. The molecule has 1 atom stereocenters. The fraction of sp³-hybridized carbons (Fsp3) is 0.467. The van der Waals surface area contributed by atoms with Crippen LogP contribution in [0.15, 0.2) is 28.8 Å². The minimum Gasteiger partial charge on any atom is -0.338 e. The topological polar surface area (TPSA) is 68.2 Å². The third-order valence-electron chi connectivity index (χ3n) is 3.88. The number of hydrogen-bond acceptors (Lipinski definition) is 5. The van der Waals surface area contributed by atoms with E-state index >= 15 is 0 Å². The van der Waals surface area contributed by atoms with Gasteiger partial charge in [-0.2, -0.15) is 4.98 Å². The number of benzene rings is 1. The smallest absolute Gasteiger partial charge is 0.240 e. The monoisotopic (exact) mass is 342 g/mol. The largest absolute Gasteiger partial charge is 0.338 e. The first-order valence-corrected chi connectivity index (χ1v) is 7.58. The molecule has 2 aromatic rings. The van der Waals surface area contributed by atoms with Crippen LogP contribution >= 0.6 is 24.0 Å². The minimum atomic E-state index is 0. The van der Waals surface area contributed by atoms with E-state index in [0.717, 1.165) is 10.6 Å². The lowest BCUT2D eigenvalue weighted by Crippen LogP contribution is -2.29. The molecule has 5 nitrogen and oxygen atoms in total. The van der Waals surface area contributed by atoms with E-state index in [2.05, 4.69) is 28.0 Å². The maximum Gasteiger partial charge on any atom is 0.240 e. The van der Waals surface area contributed by atoms with Gasteiger partial charge in [-0.25, -0.2) is 0 Å². The normalized spacial score (nSPS) is 15.6. The third-order valence-corrected chi connectivity index (χ3v) is 4.22. The molecule has 0 bridgehead atoms. The minimum absolute atomic E-state index is 0. The summed E-state index contributed by atoms with van der Waals surface area (Å²) in [5.74, 6) is 1.16. The molecule has 1 aliphatic carbocycles. The molecule has 0 amide bonds. The van der Waals surface area contributed by atoms with Crippen molar-refractivity contribution in [1.29, 1.82) is 0 Å². The van der Waals surface area contributed by atoms with Gasteiger partial charge in [0, 0.05) is 17.1 Å². The van der Waals surface area contributed by atoms with Crippen molar-refractivity contribution in [3.05, 3.63) is 46.6 Å². The van der Waals surface area contributed by atoms with E-state index in [1.165, 1.54) is 12.8 Å². The predicted octanol–water partition coefficient (Wildman–Crippen LogP) is 3.33. The van der Waals surface area contributed by atoms with Gasteiger partial charge in [0.2, 0.25) is 5.89 Å². The van der Waals surface area contributed by atoms with Crippen LogP contribution in [-0.4, -0.2) is 21.1 Å². The van der Waals surface area contributed by atoms with Gasteiger partial charge < -0.3 is 10.3 Å². The van der Waals surface area contributed by atoms with Crippen LogP contribution in [0.2, 0.25) is 5.02 Å². The van der Waals surface area contributed by atoms with Gasteiger partial charge in [-0.05, 0) is 31.4 Å². The maximum atomic E-state index is 6.32. The molecule has 120 valence electrons. The van der Waals surface area contributed by atoms with E-state index < -0.39 is 0 Å². The Hall–Kier alpha value is -1.14. The van der Waals surface area contributed by atoms with Crippen molar-refractivity contribution in [2.45, 2.75) is 44.9 Å². The number of aromatic nitrogens is 2. The van der Waals surface area contributed by atoms with Crippen molar-refractivity contribution < 1.29 is 4.52 Å². The highest BCUT2D eigenvalue weighted by Crippen LogP contribution is 2.37. The Bertz CT molecular complexity index is 615. The number of halogens is 2. The summed E-state index contributed by atoms with van der Waals surface area (Å²) in [6.07, 6.45) is 2.41. The Kier molecular flexibility index (Phi) is 5.81. The molecule has 1 aliphatic rings. The van der Waals surface area contributed by atoms with Crippen LogP contribution in [0.3, 0.4) is 0 Å². The molecule has 22 heavy (non-hydrogen) atoms. The van der Waals surface area contributed by atoms with E-state index in [0.29, 0.717) is 24.3 Å². The number of nitrogens with two attached hydrogens (primary N) is 1. The van der Waals surface area contributed by atoms with Crippen molar-refractivity contribution in [3.8, 4) is 0 Å². The quantitative estimate of drug-likeness (QED) is 0.871. The second kappa shape index (κ2) is 7.42. The standard InChI is InChI=1S/C15H19ClN4O.ClH/c1-10(12-4-2-3-5-13(12)16)20(11-6-7-11)9-14-18-15(8-17)21-19-14;/h2-5,10-11H,6-9,17H2,1H3;1H. The highest BCUT2D eigenvalue weighted by atomic mass is 35.5. The molecule has 1 fully saturated rings. The van der Waals surface area contributed by atoms with Crippen LogP contribution in [0.1, 0.15) is 43.1 Å². The molecular weight excluding hydrogens is 323 g/mol. The van der Waals surface area contributed by atoms with Crippen molar-refractivity contribution >= 4 is 24.0 Å². The highest BCUT2D eigenvalue weighted by Gasteiger charge is 2.34. The Morgan fingerprint density at radius 1 is 1.41 bits per heavy atom. The molecule has 1 aromatic heterocycles. The van der Waals surface area contributed by atoms with Gasteiger partial charge in [0.15, 0.2) is 5.82 Å². The SMILES string of the molecule is CC(c1ccccc1Cl)N(Cc1noc(CN)n1)C1CC1.Cl. The Morgan fingerprint density at radius 3 is 2.73 bits per heavy atom. The average Bonchev–Trinajstić information content (AvgIpc) is 3.23. The van der Waals surface area contributed by atoms with Crippen LogP contribution in [0, 0.1) is 0 Å². The summed E-state index contributed by atoms with van der Waals surface area (Å²) in [7, 11) is 0. The summed E-state index contributed by atoms with van der Waals surface area (Å²) in [6.45, 7) is 3.10. The van der Waals surface area contributed by atoms with E-state index in [4.69, 9.17) is 21.9 Å². The zero-order chi connectivity index (χ0) is 14.8. The van der Waals surface area contributed by atoms with Gasteiger partial charge in [0.25, 0.3) is 0 Å². The lowest BCUT2D eigenvalue weighted by molar-refractivity contribution is 0.183. The van der Waals surface area contributed by atoms with Crippen LogP contribution in [-0.2, 0) is 13.1 Å². The second-order valence-corrected chi connectivity index (χ2v) is 5.82. The number of hydrogen-bond donors (Lipinski definition) is 1. The van der Waals surface area contributed by atoms with Gasteiger partial charge in [-0.1, -0.05) is 35.0 Å². The third kappa shape index (κ3) is 3.79. The number of rotatable bonds is 6. The summed E-state index contributed by atoms with van der Waals surface area (Å²) >= 11 is 6.32. The molecule has 0 spiro atoms. The zero-order valence-corrected chi connectivity index (χ0v) is 14.0. The Morgan fingerprint density at radius 2 is 2.14 bits per heavy atom. The van der Waals surface area contributed by atoms with E-state index in [1.54, 1.807) is 0 Å². The summed E-state index contributed by atoms with van der Waals surface area (Å²) in [5, 5.41) is 4.79. The molecule has 2 N–H and O–H groups in total. The van der Waals surface area contributed by atoms with Gasteiger partial charge in [-0.15, -0.1) is 12.4 Å². The molecule has 1 unspecified atom stereocenters. The summed E-state index contributed by atoms with van der Waals surface area (Å²) < 4.78 is 5.09. The molecule has 0 saturated heterocycles. The predicted molar refractivity (Wildman–Crippen MR) is 87.9 cm³/mol. The van der Waals surface area contributed by atoms with Gasteiger partial charge >= 0.3 is 0 Å².